The number of alkyl halides is 3. The van der Waals surface area contributed by atoms with E-state index in [4.69, 9.17) is 5.26 Å². The SMILES string of the molecule is N#Cc1cc(F)cc2cn(Cc3ccc(C(F)(F)F)cc3)c(O)c12. The maximum absolute atomic E-state index is 13.5. The van der Waals surface area contributed by atoms with Crippen LogP contribution >= 0.6 is 0 Å². The largest absolute Gasteiger partial charge is 0.494 e. The lowest BCUT2D eigenvalue weighted by Crippen LogP contribution is -2.05. The van der Waals surface area contributed by atoms with E-state index in [-0.39, 0.29) is 23.4 Å². The van der Waals surface area contributed by atoms with Crippen LogP contribution in [0.1, 0.15) is 16.7 Å². The molecule has 0 aliphatic carbocycles. The average molecular weight is 334 g/mol. The molecule has 2 aromatic carbocycles. The fourth-order valence-electron chi connectivity index (χ4n) is 2.56. The van der Waals surface area contributed by atoms with E-state index in [1.165, 1.54) is 29.0 Å². The Morgan fingerprint density at radius 1 is 1.12 bits per heavy atom. The summed E-state index contributed by atoms with van der Waals surface area (Å²) >= 11 is 0. The summed E-state index contributed by atoms with van der Waals surface area (Å²) in [5.74, 6) is -0.841. The second-order valence-electron chi connectivity index (χ2n) is 5.30. The van der Waals surface area contributed by atoms with Crippen molar-refractivity contribution in [2.75, 3.05) is 0 Å². The van der Waals surface area contributed by atoms with Crippen molar-refractivity contribution in [3.8, 4) is 11.9 Å². The van der Waals surface area contributed by atoms with Gasteiger partial charge in [0, 0.05) is 11.6 Å². The number of rotatable bonds is 2. The monoisotopic (exact) mass is 334 g/mol. The van der Waals surface area contributed by atoms with Gasteiger partial charge in [-0.3, -0.25) is 0 Å². The maximum atomic E-state index is 13.5. The van der Waals surface area contributed by atoms with Crippen LogP contribution in [0.5, 0.6) is 5.88 Å². The highest BCUT2D eigenvalue weighted by Gasteiger charge is 2.29. The predicted molar refractivity (Wildman–Crippen MR) is 78.8 cm³/mol. The second-order valence-corrected chi connectivity index (χ2v) is 5.30. The maximum Gasteiger partial charge on any atom is 0.416 e. The lowest BCUT2D eigenvalue weighted by Gasteiger charge is -2.09. The summed E-state index contributed by atoms with van der Waals surface area (Å²) < 4.78 is 52.5. The molecule has 0 aliphatic rings. The van der Waals surface area contributed by atoms with Crippen LogP contribution in [0.25, 0.3) is 10.8 Å². The summed E-state index contributed by atoms with van der Waals surface area (Å²) in [7, 11) is 0. The van der Waals surface area contributed by atoms with Gasteiger partial charge in [-0.1, -0.05) is 12.1 Å². The van der Waals surface area contributed by atoms with Gasteiger partial charge >= 0.3 is 6.18 Å². The molecule has 1 aromatic heterocycles. The van der Waals surface area contributed by atoms with E-state index >= 15 is 0 Å². The third-order valence-electron chi connectivity index (χ3n) is 3.68. The molecule has 0 saturated carbocycles. The summed E-state index contributed by atoms with van der Waals surface area (Å²) in [6, 6.07) is 8.53. The number of benzene rings is 2. The van der Waals surface area contributed by atoms with Crippen molar-refractivity contribution in [2.24, 2.45) is 0 Å². The lowest BCUT2D eigenvalue weighted by molar-refractivity contribution is -0.137. The molecule has 3 rings (SSSR count). The molecule has 0 atom stereocenters. The summed E-state index contributed by atoms with van der Waals surface area (Å²) in [6.45, 7) is 0.0884. The normalized spacial score (nSPS) is 11.6. The van der Waals surface area contributed by atoms with Gasteiger partial charge in [0.2, 0.25) is 5.88 Å². The third-order valence-corrected chi connectivity index (χ3v) is 3.68. The van der Waals surface area contributed by atoms with Gasteiger partial charge in [0.1, 0.15) is 11.9 Å². The first-order valence-corrected chi connectivity index (χ1v) is 6.87. The van der Waals surface area contributed by atoms with Crippen LogP contribution in [0, 0.1) is 17.1 Å². The van der Waals surface area contributed by atoms with Gasteiger partial charge in [-0.15, -0.1) is 0 Å². The molecule has 7 heteroatoms. The van der Waals surface area contributed by atoms with Crippen LogP contribution in [-0.2, 0) is 12.7 Å². The first-order valence-electron chi connectivity index (χ1n) is 6.87. The van der Waals surface area contributed by atoms with Crippen molar-refractivity contribution in [1.82, 2.24) is 4.57 Å². The zero-order chi connectivity index (χ0) is 17.5. The van der Waals surface area contributed by atoms with Crippen molar-refractivity contribution < 1.29 is 22.7 Å². The first kappa shape index (κ1) is 15.9. The Bertz CT molecular complexity index is 950. The van der Waals surface area contributed by atoms with Gasteiger partial charge in [0.05, 0.1) is 23.1 Å². The minimum Gasteiger partial charge on any atom is -0.494 e. The Hall–Kier alpha value is -3.01. The van der Waals surface area contributed by atoms with E-state index in [0.717, 1.165) is 18.2 Å². The number of hydrogen-bond acceptors (Lipinski definition) is 2. The summed E-state index contributed by atoms with van der Waals surface area (Å²) in [4.78, 5) is 0. The molecule has 0 spiro atoms. The van der Waals surface area contributed by atoms with Crippen molar-refractivity contribution in [3.63, 3.8) is 0 Å². The molecule has 0 fully saturated rings. The highest BCUT2D eigenvalue weighted by Crippen LogP contribution is 2.32. The number of aromatic nitrogens is 1. The molecule has 0 aliphatic heterocycles. The molecule has 0 amide bonds. The number of halogens is 4. The summed E-state index contributed by atoms with van der Waals surface area (Å²) in [6.07, 6.45) is -2.96. The molecular formula is C17H10F4N2O. The van der Waals surface area contributed by atoms with Crippen molar-refractivity contribution in [3.05, 3.63) is 65.1 Å². The molecule has 3 nitrogen and oxygen atoms in total. The predicted octanol–water partition coefficient (Wildman–Crippen LogP) is 4.42. The van der Waals surface area contributed by atoms with E-state index in [1.807, 2.05) is 6.07 Å². The van der Waals surface area contributed by atoms with Crippen molar-refractivity contribution in [1.29, 1.82) is 5.26 Å². The molecular weight excluding hydrogens is 324 g/mol. The van der Waals surface area contributed by atoms with Gasteiger partial charge in [0.15, 0.2) is 0 Å². The number of fused-ring (bicyclic) bond motifs is 1. The Kier molecular flexibility index (Phi) is 3.68. The molecule has 0 radical (unpaired) electrons. The number of nitrogens with zero attached hydrogens (tertiary/aromatic N) is 2. The zero-order valence-corrected chi connectivity index (χ0v) is 12.1. The smallest absolute Gasteiger partial charge is 0.416 e. The van der Waals surface area contributed by atoms with Gasteiger partial charge in [-0.2, -0.15) is 18.4 Å². The van der Waals surface area contributed by atoms with Gasteiger partial charge in [0.25, 0.3) is 0 Å². The van der Waals surface area contributed by atoms with Crippen molar-refractivity contribution >= 4 is 10.8 Å². The van der Waals surface area contributed by atoms with Crippen LogP contribution in [-0.4, -0.2) is 9.67 Å². The standard InChI is InChI=1S/C17H10F4N2O/c18-14-5-11(7-22)15-12(6-14)9-23(16(15)24)8-10-1-3-13(4-2-10)17(19,20)21/h1-6,9,24H,8H2. The molecule has 1 heterocycles. The van der Waals surface area contributed by atoms with Crippen molar-refractivity contribution in [2.45, 2.75) is 12.7 Å². The average Bonchev–Trinajstić information content (AvgIpc) is 2.82. The van der Waals surface area contributed by atoms with Crippen LogP contribution in [0.3, 0.4) is 0 Å². The van der Waals surface area contributed by atoms with E-state index < -0.39 is 17.6 Å². The van der Waals surface area contributed by atoms with Crippen LogP contribution < -0.4 is 0 Å². The van der Waals surface area contributed by atoms with Gasteiger partial charge < -0.3 is 9.67 Å². The minimum atomic E-state index is -4.41. The second kappa shape index (κ2) is 5.57. The molecule has 0 unspecified atom stereocenters. The molecule has 3 aromatic rings. The Morgan fingerprint density at radius 2 is 1.79 bits per heavy atom. The van der Waals surface area contributed by atoms with Crippen LogP contribution in [0.4, 0.5) is 17.6 Å². The molecule has 122 valence electrons. The topological polar surface area (TPSA) is 49.0 Å². The van der Waals surface area contributed by atoms with Gasteiger partial charge in [-0.05, 0) is 29.8 Å². The molecule has 1 N–H and O–H groups in total. The molecule has 24 heavy (non-hydrogen) atoms. The Morgan fingerprint density at radius 3 is 2.38 bits per heavy atom. The van der Waals surface area contributed by atoms with E-state index in [9.17, 15) is 22.7 Å². The van der Waals surface area contributed by atoms with Crippen LogP contribution in [0.2, 0.25) is 0 Å². The molecule has 0 saturated heterocycles. The third kappa shape index (κ3) is 2.78. The minimum absolute atomic E-state index is 0.00586. The summed E-state index contributed by atoms with van der Waals surface area (Å²) in [5, 5.41) is 19.9. The first-order chi connectivity index (χ1) is 11.3. The highest BCUT2D eigenvalue weighted by molar-refractivity contribution is 5.93. The quantitative estimate of drug-likeness (QED) is 0.705. The van der Waals surface area contributed by atoms with E-state index in [1.54, 1.807) is 0 Å². The zero-order valence-electron chi connectivity index (χ0n) is 12.1. The highest BCUT2D eigenvalue weighted by atomic mass is 19.4. The van der Waals surface area contributed by atoms with Crippen LogP contribution in [0.15, 0.2) is 42.6 Å². The Balaban J connectivity index is 1.99. The Labute approximate surface area is 134 Å². The van der Waals surface area contributed by atoms with Gasteiger partial charge in [-0.25, -0.2) is 4.39 Å². The molecule has 0 bridgehead atoms. The lowest BCUT2D eigenvalue weighted by atomic mass is 10.1. The number of aromatic hydroxyl groups is 1. The number of hydrogen-bond donors (Lipinski definition) is 1. The summed E-state index contributed by atoms with van der Waals surface area (Å²) in [5.41, 5.74) is -0.242. The fourth-order valence-corrected chi connectivity index (χ4v) is 2.56. The number of nitriles is 1. The van der Waals surface area contributed by atoms with E-state index in [2.05, 4.69) is 0 Å². The van der Waals surface area contributed by atoms with E-state index in [0.29, 0.717) is 10.9 Å². The fraction of sp³-hybridized carbons (Fsp3) is 0.118.